The normalized spacial score (nSPS) is 19.5. The van der Waals surface area contributed by atoms with Crippen molar-refractivity contribution in [2.75, 3.05) is 43.9 Å². The lowest BCUT2D eigenvalue weighted by atomic mass is 9.95. The highest BCUT2D eigenvalue weighted by atomic mass is 15.2. The maximum absolute atomic E-state index is 4.91. The predicted octanol–water partition coefficient (Wildman–Crippen LogP) is 5.02. The molecule has 0 radical (unpaired) electrons. The number of hydrogen-bond acceptors (Lipinski definition) is 7. The minimum Gasteiger partial charge on any atom is -0.367 e. The van der Waals surface area contributed by atoms with E-state index in [1.165, 1.54) is 50.6 Å². The van der Waals surface area contributed by atoms with Crippen LogP contribution in [0, 0.1) is 0 Å². The first-order valence-corrected chi connectivity index (χ1v) is 13.4. The molecule has 0 amide bonds. The minimum atomic E-state index is 0.356. The molecular formula is C27H43N7. The van der Waals surface area contributed by atoms with Gasteiger partial charge >= 0.3 is 0 Å². The zero-order valence-electron chi connectivity index (χ0n) is 21.4. The van der Waals surface area contributed by atoms with Gasteiger partial charge in [-0.1, -0.05) is 38.7 Å². The molecule has 2 aliphatic rings. The lowest BCUT2D eigenvalue weighted by Gasteiger charge is -2.25. The largest absolute Gasteiger partial charge is 0.367 e. The Balaban J connectivity index is 1.50. The summed E-state index contributed by atoms with van der Waals surface area (Å²) < 4.78 is 0. The third-order valence-corrected chi connectivity index (χ3v) is 7.15. The van der Waals surface area contributed by atoms with Crippen LogP contribution in [0.15, 0.2) is 24.5 Å². The Labute approximate surface area is 205 Å². The first-order chi connectivity index (χ1) is 16.6. The molecule has 2 aromatic rings. The van der Waals surface area contributed by atoms with E-state index in [0.717, 1.165) is 56.1 Å². The SMILES string of the molecule is CCC[C@H](C)Nc1ncc(-c2ccc(CN3CCCN(C)CC3)cn2)c(NC2CCCCC2)n1. The van der Waals surface area contributed by atoms with Gasteiger partial charge < -0.3 is 15.5 Å². The average molecular weight is 466 g/mol. The molecule has 7 nitrogen and oxygen atoms in total. The zero-order chi connectivity index (χ0) is 23.8. The highest BCUT2D eigenvalue weighted by Crippen LogP contribution is 2.29. The molecule has 34 heavy (non-hydrogen) atoms. The van der Waals surface area contributed by atoms with Crippen LogP contribution in [0.4, 0.5) is 11.8 Å². The average Bonchev–Trinajstić information content (AvgIpc) is 3.04. The number of hydrogen-bond donors (Lipinski definition) is 2. The molecule has 1 saturated heterocycles. The van der Waals surface area contributed by atoms with Gasteiger partial charge in [-0.25, -0.2) is 4.98 Å². The number of anilines is 2. The summed E-state index contributed by atoms with van der Waals surface area (Å²) in [7, 11) is 2.21. The van der Waals surface area contributed by atoms with E-state index < -0.39 is 0 Å². The second kappa shape index (κ2) is 12.5. The van der Waals surface area contributed by atoms with Crippen molar-refractivity contribution in [3.8, 4) is 11.3 Å². The van der Waals surface area contributed by atoms with Crippen LogP contribution in [0.1, 0.15) is 70.8 Å². The smallest absolute Gasteiger partial charge is 0.224 e. The standard InChI is InChI=1S/C27H43N7/c1-4-9-21(2)30-27-29-19-24(26(32-27)31-23-10-6-5-7-11-23)25-13-12-22(18-28-25)20-34-15-8-14-33(3)16-17-34/h12-13,18-19,21,23H,4-11,14-17,20H2,1-3H3,(H2,29,30,31,32)/t21-/m0/s1. The van der Waals surface area contributed by atoms with Gasteiger partial charge in [-0.2, -0.15) is 4.98 Å². The van der Waals surface area contributed by atoms with Gasteiger partial charge in [-0.3, -0.25) is 9.88 Å². The van der Waals surface area contributed by atoms with Crippen LogP contribution < -0.4 is 10.6 Å². The first-order valence-electron chi connectivity index (χ1n) is 13.4. The van der Waals surface area contributed by atoms with E-state index in [-0.39, 0.29) is 0 Å². The summed E-state index contributed by atoms with van der Waals surface area (Å²) in [4.78, 5) is 19.4. The van der Waals surface area contributed by atoms with Crippen molar-refractivity contribution >= 4 is 11.8 Å². The van der Waals surface area contributed by atoms with E-state index in [1.807, 2.05) is 12.4 Å². The number of nitrogens with zero attached hydrogens (tertiary/aromatic N) is 5. The van der Waals surface area contributed by atoms with Crippen LogP contribution in [0.2, 0.25) is 0 Å². The fourth-order valence-electron chi connectivity index (χ4n) is 5.11. The molecule has 0 bridgehead atoms. The maximum atomic E-state index is 4.91. The van der Waals surface area contributed by atoms with Gasteiger partial charge in [0.15, 0.2) is 0 Å². The van der Waals surface area contributed by atoms with E-state index in [2.05, 4.69) is 58.4 Å². The molecule has 4 rings (SSSR count). The van der Waals surface area contributed by atoms with E-state index >= 15 is 0 Å². The minimum absolute atomic E-state index is 0.356. The van der Waals surface area contributed by atoms with Crippen molar-refractivity contribution < 1.29 is 0 Å². The summed E-state index contributed by atoms with van der Waals surface area (Å²) in [5.41, 5.74) is 3.19. The molecule has 0 aromatic carbocycles. The van der Waals surface area contributed by atoms with Gasteiger partial charge in [-0.15, -0.1) is 0 Å². The Hall–Kier alpha value is -2.25. The summed E-state index contributed by atoms with van der Waals surface area (Å²) in [6, 6.07) is 5.19. The zero-order valence-corrected chi connectivity index (χ0v) is 21.4. The molecule has 186 valence electrons. The second-order valence-electron chi connectivity index (χ2n) is 10.3. The number of likely N-dealkylation sites (N-methyl/N-ethyl adjacent to an activating group) is 1. The van der Waals surface area contributed by atoms with Crippen LogP contribution in [0.3, 0.4) is 0 Å². The molecule has 0 unspecified atom stereocenters. The van der Waals surface area contributed by atoms with Crippen molar-refractivity contribution in [3.63, 3.8) is 0 Å². The number of rotatable bonds is 9. The molecule has 3 heterocycles. The second-order valence-corrected chi connectivity index (χ2v) is 10.3. The Morgan fingerprint density at radius 2 is 1.85 bits per heavy atom. The first kappa shape index (κ1) is 24.9. The summed E-state index contributed by atoms with van der Waals surface area (Å²) >= 11 is 0. The highest BCUT2D eigenvalue weighted by molar-refractivity contribution is 5.73. The highest BCUT2D eigenvalue weighted by Gasteiger charge is 2.19. The fourth-order valence-corrected chi connectivity index (χ4v) is 5.11. The number of aromatic nitrogens is 3. The monoisotopic (exact) mass is 465 g/mol. The molecule has 2 fully saturated rings. The molecule has 0 spiro atoms. The summed E-state index contributed by atoms with van der Waals surface area (Å²) in [5.74, 6) is 1.61. The van der Waals surface area contributed by atoms with Crippen molar-refractivity contribution in [1.29, 1.82) is 0 Å². The summed E-state index contributed by atoms with van der Waals surface area (Å²) in [6.07, 6.45) is 13.8. The summed E-state index contributed by atoms with van der Waals surface area (Å²) in [5, 5.41) is 7.21. The summed E-state index contributed by atoms with van der Waals surface area (Å²) in [6.45, 7) is 9.95. The van der Waals surface area contributed by atoms with Crippen molar-refractivity contribution in [3.05, 3.63) is 30.1 Å². The lowest BCUT2D eigenvalue weighted by Crippen LogP contribution is -2.28. The van der Waals surface area contributed by atoms with Gasteiger partial charge in [0.05, 0.1) is 11.3 Å². The van der Waals surface area contributed by atoms with E-state index in [0.29, 0.717) is 18.0 Å². The lowest BCUT2D eigenvalue weighted by molar-refractivity contribution is 0.269. The van der Waals surface area contributed by atoms with Crippen LogP contribution in [-0.2, 0) is 6.54 Å². The quantitative estimate of drug-likeness (QED) is 0.539. The Bertz CT molecular complexity index is 879. The molecule has 7 heteroatoms. The number of nitrogens with one attached hydrogen (secondary N) is 2. The third-order valence-electron chi connectivity index (χ3n) is 7.15. The van der Waals surface area contributed by atoms with Crippen LogP contribution in [-0.4, -0.2) is 70.1 Å². The molecular weight excluding hydrogens is 422 g/mol. The molecule has 2 N–H and O–H groups in total. The van der Waals surface area contributed by atoms with E-state index in [4.69, 9.17) is 9.97 Å². The molecule has 1 atom stereocenters. The fraction of sp³-hybridized carbons (Fsp3) is 0.667. The van der Waals surface area contributed by atoms with Crippen LogP contribution in [0.25, 0.3) is 11.3 Å². The van der Waals surface area contributed by atoms with Crippen LogP contribution in [0.5, 0.6) is 0 Å². The van der Waals surface area contributed by atoms with E-state index in [9.17, 15) is 0 Å². The number of pyridine rings is 1. The predicted molar refractivity (Wildman–Crippen MR) is 141 cm³/mol. The third kappa shape index (κ3) is 7.12. The Morgan fingerprint density at radius 3 is 2.62 bits per heavy atom. The van der Waals surface area contributed by atoms with Gasteiger partial charge in [0.2, 0.25) is 5.95 Å². The van der Waals surface area contributed by atoms with Gasteiger partial charge in [-0.05, 0) is 64.4 Å². The van der Waals surface area contributed by atoms with Gasteiger partial charge in [0.25, 0.3) is 0 Å². The van der Waals surface area contributed by atoms with Crippen molar-refractivity contribution in [2.45, 2.75) is 83.8 Å². The molecule has 1 aliphatic carbocycles. The maximum Gasteiger partial charge on any atom is 0.224 e. The Kier molecular flexibility index (Phi) is 9.11. The van der Waals surface area contributed by atoms with E-state index in [1.54, 1.807) is 0 Å². The Morgan fingerprint density at radius 1 is 1.00 bits per heavy atom. The van der Waals surface area contributed by atoms with Crippen LogP contribution >= 0.6 is 0 Å². The van der Waals surface area contributed by atoms with Crippen molar-refractivity contribution in [2.24, 2.45) is 0 Å². The molecule has 1 aliphatic heterocycles. The van der Waals surface area contributed by atoms with Gasteiger partial charge in [0, 0.05) is 44.1 Å². The topological polar surface area (TPSA) is 69.2 Å². The van der Waals surface area contributed by atoms with Gasteiger partial charge in [0.1, 0.15) is 5.82 Å². The van der Waals surface area contributed by atoms with Crippen molar-refractivity contribution in [1.82, 2.24) is 24.8 Å². The molecule has 2 aromatic heterocycles. The molecule has 1 saturated carbocycles.